The standard InChI is InChI=1S/C55H50N4O8/c1-36(39-20-9-4-10-21-39)56-54(65)58-45-29-28-37(19-16-30-57(2)35-38-17-7-3-8-18-38)33-44(45)55(53(58)64)46(51(61)62)48-52(63)67-49(41-24-13-6-14-25-41)47(40-22-11-5-12-23-40)59(48)50(55)42-26-15-27-43(34-42)66-32-31-60/h3-15,17-18,20-29,33-34,36,46-50,60H,30-32,35H2,1-2H3,(H,56,65)(H,61,62)/t36-,46-,47-,48-,49+,50+,55-/m1/s1. The molecule has 338 valence electrons. The number of benzene rings is 6. The molecular weight excluding hydrogens is 845 g/mol. The van der Waals surface area contributed by atoms with Gasteiger partial charge in [0.15, 0.2) is 0 Å². The number of rotatable bonds is 12. The fourth-order valence-electron chi connectivity index (χ4n) is 10.2. The van der Waals surface area contributed by atoms with Gasteiger partial charge < -0.3 is 25.0 Å². The average Bonchev–Trinajstić information content (AvgIpc) is 3.81. The molecule has 3 aliphatic rings. The van der Waals surface area contributed by atoms with E-state index < -0.39 is 65.5 Å². The summed E-state index contributed by atoms with van der Waals surface area (Å²) in [5, 5.41) is 24.5. The molecule has 0 unspecified atom stereocenters. The monoisotopic (exact) mass is 894 g/mol. The van der Waals surface area contributed by atoms with E-state index in [1.807, 2.05) is 133 Å². The first-order valence-corrected chi connectivity index (χ1v) is 22.3. The number of hydrogen-bond acceptors (Lipinski definition) is 9. The van der Waals surface area contributed by atoms with Crippen molar-refractivity contribution in [2.45, 2.75) is 49.2 Å². The zero-order valence-electron chi connectivity index (χ0n) is 37.1. The highest BCUT2D eigenvalue weighted by atomic mass is 16.6. The minimum Gasteiger partial charge on any atom is -0.491 e. The number of aliphatic hydroxyl groups is 1. The van der Waals surface area contributed by atoms with Crippen LogP contribution in [0.2, 0.25) is 0 Å². The number of aliphatic carboxylic acids is 1. The summed E-state index contributed by atoms with van der Waals surface area (Å²) in [6, 6.07) is 45.0. The highest BCUT2D eigenvalue weighted by Gasteiger charge is 2.76. The molecule has 6 aromatic rings. The van der Waals surface area contributed by atoms with Crippen LogP contribution >= 0.6 is 0 Å². The molecule has 3 heterocycles. The first-order chi connectivity index (χ1) is 32.6. The lowest BCUT2D eigenvalue weighted by Gasteiger charge is -2.46. The largest absolute Gasteiger partial charge is 0.491 e. The molecule has 9 rings (SSSR count). The molecule has 7 atom stereocenters. The van der Waals surface area contributed by atoms with Gasteiger partial charge in [0.1, 0.15) is 35.8 Å². The summed E-state index contributed by atoms with van der Waals surface area (Å²) in [7, 11) is 1.96. The molecule has 0 bridgehead atoms. The summed E-state index contributed by atoms with van der Waals surface area (Å²) in [5.74, 6) is 2.01. The highest BCUT2D eigenvalue weighted by Crippen LogP contribution is 2.66. The number of morpholine rings is 1. The Labute approximate surface area is 389 Å². The maximum Gasteiger partial charge on any atom is 0.329 e. The molecule has 0 saturated carbocycles. The van der Waals surface area contributed by atoms with Gasteiger partial charge in [-0.25, -0.2) is 9.69 Å². The van der Waals surface area contributed by atoms with Crippen molar-refractivity contribution in [3.05, 3.63) is 203 Å². The van der Waals surface area contributed by atoms with Crippen molar-refractivity contribution in [3.63, 3.8) is 0 Å². The lowest BCUT2D eigenvalue weighted by Crippen LogP contribution is -2.54. The number of carbonyl (C=O) groups is 4. The predicted molar refractivity (Wildman–Crippen MR) is 252 cm³/mol. The lowest BCUT2D eigenvalue weighted by atomic mass is 9.65. The Morgan fingerprint density at radius 3 is 2.12 bits per heavy atom. The van der Waals surface area contributed by atoms with Gasteiger partial charge in [0.25, 0.3) is 0 Å². The molecule has 0 radical (unpaired) electrons. The van der Waals surface area contributed by atoms with Gasteiger partial charge in [-0.15, -0.1) is 0 Å². The molecule has 0 aliphatic carbocycles. The smallest absolute Gasteiger partial charge is 0.329 e. The number of anilines is 1. The van der Waals surface area contributed by atoms with Crippen molar-refractivity contribution in [3.8, 4) is 17.6 Å². The zero-order valence-corrected chi connectivity index (χ0v) is 37.1. The topological polar surface area (TPSA) is 149 Å². The van der Waals surface area contributed by atoms with E-state index in [2.05, 4.69) is 22.1 Å². The summed E-state index contributed by atoms with van der Waals surface area (Å²) in [4.78, 5) is 65.5. The molecule has 67 heavy (non-hydrogen) atoms. The number of carboxylic acids is 1. The van der Waals surface area contributed by atoms with E-state index in [1.54, 1.807) is 49.4 Å². The molecule has 6 aromatic carbocycles. The zero-order chi connectivity index (χ0) is 46.7. The van der Waals surface area contributed by atoms with Crippen molar-refractivity contribution in [2.24, 2.45) is 5.92 Å². The average molecular weight is 895 g/mol. The third kappa shape index (κ3) is 8.34. The van der Waals surface area contributed by atoms with E-state index in [0.29, 0.717) is 41.1 Å². The third-order valence-electron chi connectivity index (χ3n) is 13.0. The van der Waals surface area contributed by atoms with Crippen LogP contribution in [0.25, 0.3) is 0 Å². The summed E-state index contributed by atoms with van der Waals surface area (Å²) in [6.07, 6.45) is -0.944. The van der Waals surface area contributed by atoms with Gasteiger partial charge in [-0.2, -0.15) is 0 Å². The summed E-state index contributed by atoms with van der Waals surface area (Å²) < 4.78 is 12.4. The molecule has 12 nitrogen and oxygen atoms in total. The minimum atomic E-state index is -2.14. The van der Waals surface area contributed by atoms with Crippen molar-refractivity contribution in [1.82, 2.24) is 15.1 Å². The number of nitrogens with zero attached hydrogens (tertiary/aromatic N) is 3. The van der Waals surface area contributed by atoms with Crippen LogP contribution in [0.5, 0.6) is 5.75 Å². The fraction of sp³-hybridized carbons (Fsp3) is 0.236. The molecular formula is C55H50N4O8. The van der Waals surface area contributed by atoms with Crippen LogP contribution in [0.15, 0.2) is 164 Å². The van der Waals surface area contributed by atoms with Gasteiger partial charge in [-0.3, -0.25) is 24.2 Å². The fourth-order valence-corrected chi connectivity index (χ4v) is 10.2. The number of hydrogen-bond donors (Lipinski definition) is 3. The Bertz CT molecular complexity index is 2840. The Kier molecular flexibility index (Phi) is 12.7. The summed E-state index contributed by atoms with van der Waals surface area (Å²) >= 11 is 0. The van der Waals surface area contributed by atoms with E-state index in [4.69, 9.17) is 9.47 Å². The Morgan fingerprint density at radius 2 is 1.45 bits per heavy atom. The van der Waals surface area contributed by atoms with E-state index in [-0.39, 0.29) is 24.5 Å². The first kappa shape index (κ1) is 44.6. The highest BCUT2D eigenvalue weighted by molar-refractivity contribution is 6.24. The second-order valence-electron chi connectivity index (χ2n) is 17.2. The minimum absolute atomic E-state index is 0.0315. The van der Waals surface area contributed by atoms with Crippen LogP contribution < -0.4 is 15.0 Å². The molecule has 2 fully saturated rings. The number of ether oxygens (including phenoxy) is 2. The second-order valence-corrected chi connectivity index (χ2v) is 17.2. The van der Waals surface area contributed by atoms with Crippen LogP contribution in [0.4, 0.5) is 10.5 Å². The van der Waals surface area contributed by atoms with Gasteiger partial charge in [-0.05, 0) is 77.7 Å². The van der Waals surface area contributed by atoms with Crippen LogP contribution in [0, 0.1) is 17.8 Å². The van der Waals surface area contributed by atoms with Crippen LogP contribution in [-0.4, -0.2) is 76.7 Å². The molecule has 2 saturated heterocycles. The van der Waals surface area contributed by atoms with Crippen molar-refractivity contribution < 1.29 is 38.9 Å². The molecule has 0 aromatic heterocycles. The molecule has 12 heteroatoms. The normalized spacial score (nSPS) is 22.3. The number of carbonyl (C=O) groups excluding carboxylic acids is 3. The quantitative estimate of drug-likeness (QED) is 0.0823. The van der Waals surface area contributed by atoms with E-state index in [9.17, 15) is 19.8 Å². The number of nitrogens with one attached hydrogen (secondary N) is 1. The lowest BCUT2D eigenvalue weighted by molar-refractivity contribution is -0.179. The Balaban J connectivity index is 1.27. The molecule has 3 amide bonds. The van der Waals surface area contributed by atoms with Gasteiger partial charge in [0.2, 0.25) is 5.91 Å². The molecule has 3 N–H and O–H groups in total. The van der Waals surface area contributed by atoms with E-state index in [0.717, 1.165) is 16.0 Å². The van der Waals surface area contributed by atoms with E-state index >= 15 is 9.59 Å². The summed E-state index contributed by atoms with van der Waals surface area (Å²) in [6.45, 7) is 2.56. The molecule has 3 aliphatic heterocycles. The Morgan fingerprint density at radius 1 is 0.806 bits per heavy atom. The number of imide groups is 1. The number of fused-ring (bicyclic) bond motifs is 3. The second kappa shape index (κ2) is 19.1. The predicted octanol–water partition coefficient (Wildman–Crippen LogP) is 7.76. The number of esters is 1. The van der Waals surface area contributed by atoms with Crippen molar-refractivity contribution in [1.29, 1.82) is 0 Å². The van der Waals surface area contributed by atoms with Crippen LogP contribution in [0.3, 0.4) is 0 Å². The maximum atomic E-state index is 16.3. The van der Waals surface area contributed by atoms with Crippen LogP contribution in [-0.2, 0) is 31.1 Å². The Hall–Kier alpha value is -7.56. The summed E-state index contributed by atoms with van der Waals surface area (Å²) in [5.41, 5.74) is 2.48. The number of urea groups is 1. The third-order valence-corrected chi connectivity index (χ3v) is 13.0. The number of amides is 3. The molecule has 1 spiro atoms. The van der Waals surface area contributed by atoms with Gasteiger partial charge >= 0.3 is 18.0 Å². The first-order valence-electron chi connectivity index (χ1n) is 22.3. The van der Waals surface area contributed by atoms with Crippen LogP contribution in [0.1, 0.15) is 70.1 Å². The van der Waals surface area contributed by atoms with Gasteiger partial charge in [-0.1, -0.05) is 145 Å². The number of carboxylic acid groups (broad SMARTS) is 1. The number of aliphatic hydroxyl groups excluding tert-OH is 1. The van der Waals surface area contributed by atoms with E-state index in [1.165, 1.54) is 0 Å². The van der Waals surface area contributed by atoms with Crippen molar-refractivity contribution in [2.75, 3.05) is 31.7 Å². The maximum absolute atomic E-state index is 16.3. The van der Waals surface area contributed by atoms with Gasteiger partial charge in [0.05, 0.1) is 37.0 Å². The van der Waals surface area contributed by atoms with Crippen molar-refractivity contribution >= 4 is 29.6 Å². The SMILES string of the molecule is C[C@@H](NC(=O)N1C(=O)[C@@]2(c3cc(C#CCN(C)Cc4ccccc4)ccc31)[C@H](c1cccc(OCCO)c1)N1[C@H](c3ccccc3)[C@H](c3ccccc3)OC(=O)[C@H]1[C@@H]2C(=O)O)c1ccccc1. The number of cyclic esters (lactones) is 1. The van der Waals surface area contributed by atoms with Gasteiger partial charge in [0, 0.05) is 12.1 Å².